The molecule has 0 aliphatic rings. The molecule has 0 unspecified atom stereocenters. The molecule has 0 radical (unpaired) electrons. The maximum absolute atomic E-state index is 13.1. The van der Waals surface area contributed by atoms with Crippen molar-refractivity contribution < 1.29 is 9.59 Å². The molecule has 0 aliphatic heterocycles. The number of amides is 3. The Balaban J connectivity index is 1.45. The van der Waals surface area contributed by atoms with E-state index in [9.17, 15) is 14.4 Å². The minimum atomic E-state index is -0.572. The molecule has 0 saturated heterocycles. The van der Waals surface area contributed by atoms with Crippen LogP contribution < -0.4 is 16.2 Å². The van der Waals surface area contributed by atoms with Gasteiger partial charge >= 0.3 is 6.03 Å². The number of nitrogens with zero attached hydrogens (tertiary/aromatic N) is 2. The van der Waals surface area contributed by atoms with Crippen molar-refractivity contribution in [3.63, 3.8) is 0 Å². The first-order valence-corrected chi connectivity index (χ1v) is 11.4. The molecule has 4 aromatic rings. The summed E-state index contributed by atoms with van der Waals surface area (Å²) in [6.45, 7) is 0.648. The number of imide groups is 1. The van der Waals surface area contributed by atoms with Crippen molar-refractivity contribution >= 4 is 34.6 Å². The molecule has 0 saturated carbocycles. The first-order valence-electron chi connectivity index (χ1n) is 10.4. The maximum atomic E-state index is 13.1. The van der Waals surface area contributed by atoms with Crippen LogP contribution in [-0.4, -0.2) is 27.2 Å². The number of thioether (sulfide) groups is 1. The van der Waals surface area contributed by atoms with Crippen LogP contribution in [0.4, 0.5) is 4.79 Å². The second-order valence-electron chi connectivity index (χ2n) is 7.29. The van der Waals surface area contributed by atoms with Crippen LogP contribution in [0.1, 0.15) is 11.1 Å². The summed E-state index contributed by atoms with van der Waals surface area (Å²) in [6.07, 6.45) is 0. The van der Waals surface area contributed by atoms with Gasteiger partial charge in [0, 0.05) is 6.54 Å². The highest BCUT2D eigenvalue weighted by molar-refractivity contribution is 7.99. The summed E-state index contributed by atoms with van der Waals surface area (Å²) in [5.74, 6) is -0.530. The van der Waals surface area contributed by atoms with E-state index in [4.69, 9.17) is 0 Å². The molecule has 1 heterocycles. The molecule has 3 amide bonds. The van der Waals surface area contributed by atoms with Crippen molar-refractivity contribution in [2.24, 2.45) is 0 Å². The highest BCUT2D eigenvalue weighted by Gasteiger charge is 2.15. The molecule has 0 atom stereocenters. The van der Waals surface area contributed by atoms with Crippen LogP contribution in [-0.2, 0) is 17.9 Å². The van der Waals surface area contributed by atoms with E-state index in [1.165, 1.54) is 0 Å². The Hall–Kier alpha value is -3.91. The average Bonchev–Trinajstić information content (AvgIpc) is 2.85. The van der Waals surface area contributed by atoms with Crippen molar-refractivity contribution in [2.45, 2.75) is 18.2 Å². The quantitative estimate of drug-likeness (QED) is 0.326. The number of hydrogen-bond donors (Lipinski definition) is 2. The monoisotopic (exact) mass is 458 g/mol. The lowest BCUT2D eigenvalue weighted by atomic mass is 10.2. The molecule has 0 spiro atoms. The summed E-state index contributed by atoms with van der Waals surface area (Å²) >= 11 is 1.12. The zero-order valence-corrected chi connectivity index (χ0v) is 18.5. The summed E-state index contributed by atoms with van der Waals surface area (Å²) in [5, 5.41) is 5.91. The first kappa shape index (κ1) is 22.3. The number of carbonyl (C=O) groups excluding carboxylic acids is 2. The number of rotatable bonds is 7. The molecule has 166 valence electrons. The van der Waals surface area contributed by atoms with Gasteiger partial charge in [0.15, 0.2) is 5.16 Å². The Kier molecular flexibility index (Phi) is 7.16. The zero-order valence-electron chi connectivity index (χ0n) is 17.7. The fourth-order valence-electron chi connectivity index (χ4n) is 3.28. The number of urea groups is 1. The van der Waals surface area contributed by atoms with E-state index in [1.54, 1.807) is 22.8 Å². The molecule has 33 heavy (non-hydrogen) atoms. The molecular formula is C25H22N4O3S. The summed E-state index contributed by atoms with van der Waals surface area (Å²) in [7, 11) is 0. The van der Waals surface area contributed by atoms with Crippen LogP contribution in [0.25, 0.3) is 10.9 Å². The smallest absolute Gasteiger partial charge is 0.321 e. The van der Waals surface area contributed by atoms with Crippen LogP contribution in [0.5, 0.6) is 0 Å². The Morgan fingerprint density at radius 1 is 0.848 bits per heavy atom. The third kappa shape index (κ3) is 5.87. The van der Waals surface area contributed by atoms with Crippen molar-refractivity contribution in [1.29, 1.82) is 0 Å². The van der Waals surface area contributed by atoms with Gasteiger partial charge in [0.05, 0.1) is 23.2 Å². The number of carbonyl (C=O) groups is 2. The van der Waals surface area contributed by atoms with Gasteiger partial charge in [0.1, 0.15) is 0 Å². The van der Waals surface area contributed by atoms with E-state index in [2.05, 4.69) is 15.6 Å². The third-order valence-corrected chi connectivity index (χ3v) is 5.87. The van der Waals surface area contributed by atoms with Gasteiger partial charge in [0.2, 0.25) is 5.91 Å². The number of benzene rings is 3. The summed E-state index contributed by atoms with van der Waals surface area (Å²) in [4.78, 5) is 42.1. The van der Waals surface area contributed by atoms with Gasteiger partial charge in [-0.3, -0.25) is 19.5 Å². The lowest BCUT2D eigenvalue weighted by Crippen LogP contribution is -2.40. The second-order valence-corrected chi connectivity index (χ2v) is 8.24. The highest BCUT2D eigenvalue weighted by Crippen LogP contribution is 2.19. The third-order valence-electron chi connectivity index (χ3n) is 4.89. The van der Waals surface area contributed by atoms with Crippen molar-refractivity contribution in [3.05, 3.63) is 106 Å². The molecule has 7 nitrogen and oxygen atoms in total. The molecule has 0 aliphatic carbocycles. The Morgan fingerprint density at radius 2 is 1.48 bits per heavy atom. The number of para-hydroxylation sites is 1. The van der Waals surface area contributed by atoms with Gasteiger partial charge in [-0.2, -0.15) is 0 Å². The number of aromatic nitrogens is 2. The fraction of sp³-hybridized carbons (Fsp3) is 0.120. The number of nitrogens with one attached hydrogen (secondary N) is 2. The van der Waals surface area contributed by atoms with Gasteiger partial charge in [-0.05, 0) is 23.3 Å². The van der Waals surface area contributed by atoms with Crippen LogP contribution in [0, 0.1) is 0 Å². The molecule has 0 bridgehead atoms. The predicted octanol–water partition coefficient (Wildman–Crippen LogP) is 3.56. The molecule has 0 fully saturated rings. The van der Waals surface area contributed by atoms with Gasteiger partial charge in [-0.1, -0.05) is 84.6 Å². The Labute approximate surface area is 194 Å². The molecule has 1 aromatic heterocycles. The van der Waals surface area contributed by atoms with Gasteiger partial charge in [-0.25, -0.2) is 9.78 Å². The average molecular weight is 459 g/mol. The van der Waals surface area contributed by atoms with Crippen LogP contribution in [0.2, 0.25) is 0 Å². The molecular weight excluding hydrogens is 436 g/mol. The largest absolute Gasteiger partial charge is 0.334 e. The van der Waals surface area contributed by atoms with Crippen molar-refractivity contribution in [1.82, 2.24) is 20.2 Å². The van der Waals surface area contributed by atoms with Crippen molar-refractivity contribution in [2.75, 3.05) is 5.75 Å². The standard InChI is InChI=1S/C25H22N4O3S/c30-22(28-24(32)26-15-18-9-3-1-4-10-18)17-33-25-27-21-14-8-7-13-20(21)23(31)29(25)16-19-11-5-2-6-12-19/h1-14H,15-17H2,(H2,26,28,30,32). The van der Waals surface area contributed by atoms with Gasteiger partial charge in [0.25, 0.3) is 5.56 Å². The topological polar surface area (TPSA) is 93.1 Å². The van der Waals surface area contributed by atoms with Crippen LogP contribution in [0.3, 0.4) is 0 Å². The Morgan fingerprint density at radius 3 is 2.21 bits per heavy atom. The lowest BCUT2D eigenvalue weighted by molar-refractivity contribution is -0.117. The molecule has 2 N–H and O–H groups in total. The number of hydrogen-bond acceptors (Lipinski definition) is 5. The van der Waals surface area contributed by atoms with Gasteiger partial charge in [-0.15, -0.1) is 0 Å². The van der Waals surface area contributed by atoms with Crippen LogP contribution in [0.15, 0.2) is 94.9 Å². The van der Waals surface area contributed by atoms with Gasteiger partial charge < -0.3 is 5.32 Å². The SMILES string of the molecule is O=C(CSc1nc2ccccc2c(=O)n1Cc1ccccc1)NC(=O)NCc1ccccc1. The Bertz CT molecular complexity index is 1320. The lowest BCUT2D eigenvalue weighted by Gasteiger charge is -2.13. The van der Waals surface area contributed by atoms with E-state index in [0.717, 1.165) is 22.9 Å². The summed E-state index contributed by atoms with van der Waals surface area (Å²) in [5.41, 5.74) is 2.27. The zero-order chi connectivity index (χ0) is 23.0. The van der Waals surface area contributed by atoms with E-state index >= 15 is 0 Å². The minimum Gasteiger partial charge on any atom is -0.334 e. The maximum Gasteiger partial charge on any atom is 0.321 e. The van der Waals surface area contributed by atoms with E-state index in [-0.39, 0.29) is 11.3 Å². The highest BCUT2D eigenvalue weighted by atomic mass is 32.2. The minimum absolute atomic E-state index is 0.0572. The van der Waals surface area contributed by atoms with E-state index < -0.39 is 11.9 Å². The molecule has 8 heteroatoms. The number of fused-ring (bicyclic) bond motifs is 1. The van der Waals surface area contributed by atoms with Crippen molar-refractivity contribution in [3.8, 4) is 0 Å². The molecule has 4 rings (SSSR count). The van der Waals surface area contributed by atoms with E-state index in [1.807, 2.05) is 66.7 Å². The van der Waals surface area contributed by atoms with Crippen LogP contribution >= 0.6 is 11.8 Å². The molecule has 3 aromatic carbocycles. The fourth-order valence-corrected chi connectivity index (χ4v) is 4.08. The first-order chi connectivity index (χ1) is 16.1. The van der Waals surface area contributed by atoms with E-state index in [0.29, 0.717) is 29.1 Å². The summed E-state index contributed by atoms with van der Waals surface area (Å²) < 4.78 is 1.56. The predicted molar refractivity (Wildman–Crippen MR) is 129 cm³/mol. The summed E-state index contributed by atoms with van der Waals surface area (Å²) in [6, 6.07) is 25.5. The second kappa shape index (κ2) is 10.6. The normalized spacial score (nSPS) is 10.7.